The summed E-state index contributed by atoms with van der Waals surface area (Å²) in [6.45, 7) is -0.463. The second kappa shape index (κ2) is 10.5. The molecule has 1 spiro atoms. The van der Waals surface area contributed by atoms with E-state index >= 15 is 0 Å². The number of urea groups is 1. The minimum atomic E-state index is -1.55. The molecule has 3 aliphatic rings. The van der Waals surface area contributed by atoms with E-state index in [0.717, 1.165) is 10.5 Å². The van der Waals surface area contributed by atoms with Crippen LogP contribution in [0.25, 0.3) is 0 Å². The van der Waals surface area contributed by atoms with Gasteiger partial charge in [-0.2, -0.15) is 0 Å². The van der Waals surface area contributed by atoms with Gasteiger partial charge in [0.25, 0.3) is 5.91 Å². The van der Waals surface area contributed by atoms with Crippen molar-refractivity contribution >= 4 is 35.7 Å². The highest BCUT2D eigenvalue weighted by Crippen LogP contribution is 2.46. The molecule has 2 aromatic carbocycles. The highest BCUT2D eigenvalue weighted by Gasteiger charge is 2.58. The third-order valence-corrected chi connectivity index (χ3v) is 7.61. The Labute approximate surface area is 228 Å². The summed E-state index contributed by atoms with van der Waals surface area (Å²) >= 11 is 0. The molecule has 1 aliphatic heterocycles. The van der Waals surface area contributed by atoms with Crippen molar-refractivity contribution in [2.45, 2.75) is 49.9 Å². The average molecular weight is 554 g/mol. The van der Waals surface area contributed by atoms with Crippen molar-refractivity contribution in [2.75, 3.05) is 18.9 Å². The Kier molecular flexibility index (Phi) is 7.04. The monoisotopic (exact) mass is 553 g/mol. The molecule has 210 valence electrons. The summed E-state index contributed by atoms with van der Waals surface area (Å²) in [5, 5.41) is 16.5. The summed E-state index contributed by atoms with van der Waals surface area (Å²) in [4.78, 5) is 65.0. The maximum atomic E-state index is 13.6. The zero-order valence-electron chi connectivity index (χ0n) is 21.6. The molecule has 1 saturated heterocycles. The molecule has 13 heteroatoms. The van der Waals surface area contributed by atoms with E-state index in [1.54, 1.807) is 18.2 Å². The van der Waals surface area contributed by atoms with Crippen LogP contribution in [0.5, 0.6) is 0 Å². The van der Waals surface area contributed by atoms with Crippen molar-refractivity contribution in [3.63, 3.8) is 0 Å². The second-order valence-corrected chi connectivity index (χ2v) is 10.1. The molecule has 2 aromatic rings. The fourth-order valence-corrected chi connectivity index (χ4v) is 5.49. The van der Waals surface area contributed by atoms with Crippen LogP contribution in [0.4, 0.5) is 24.5 Å². The number of rotatable bonds is 7. The number of imide groups is 1. The number of hydrogen-bond acceptors (Lipinski definition) is 6. The normalized spacial score (nSPS) is 22.8. The fourth-order valence-electron chi connectivity index (χ4n) is 5.49. The number of ether oxygens (including phenoxy) is 1. The van der Waals surface area contributed by atoms with Crippen LogP contribution >= 0.6 is 0 Å². The Morgan fingerprint density at radius 2 is 1.88 bits per heavy atom. The molecule has 4 N–H and O–H groups in total. The van der Waals surface area contributed by atoms with E-state index in [4.69, 9.17) is 9.84 Å². The Balaban J connectivity index is 1.33. The van der Waals surface area contributed by atoms with Crippen LogP contribution in [0.1, 0.15) is 36.0 Å². The summed E-state index contributed by atoms with van der Waals surface area (Å²) in [6.07, 6.45) is -0.742. The average Bonchev–Trinajstić information content (AvgIpc) is 3.37. The maximum Gasteiger partial charge on any atom is 0.418 e. The van der Waals surface area contributed by atoms with E-state index in [-0.39, 0.29) is 25.0 Å². The van der Waals surface area contributed by atoms with Crippen LogP contribution in [0, 0.1) is 5.82 Å². The van der Waals surface area contributed by atoms with E-state index in [0.29, 0.717) is 36.1 Å². The summed E-state index contributed by atoms with van der Waals surface area (Å²) in [7, 11) is 1.49. The molecule has 12 nitrogen and oxygen atoms in total. The number of aryl methyl sites for hydroxylation is 1. The van der Waals surface area contributed by atoms with Crippen molar-refractivity contribution < 1.29 is 38.2 Å². The zero-order chi connectivity index (χ0) is 28.6. The summed E-state index contributed by atoms with van der Waals surface area (Å²) in [5.41, 5.74) is 0.863. The van der Waals surface area contributed by atoms with Crippen LogP contribution in [0.2, 0.25) is 0 Å². The molecule has 1 saturated carbocycles. The fraction of sp³-hybridized carbons (Fsp3) is 0.370. The van der Waals surface area contributed by atoms with Crippen molar-refractivity contribution in [1.29, 1.82) is 0 Å². The predicted octanol–water partition coefficient (Wildman–Crippen LogP) is 2.52. The van der Waals surface area contributed by atoms with E-state index in [2.05, 4.69) is 16.0 Å². The van der Waals surface area contributed by atoms with Crippen LogP contribution in [0.3, 0.4) is 0 Å². The van der Waals surface area contributed by atoms with Gasteiger partial charge in [0.15, 0.2) is 0 Å². The molecule has 0 radical (unpaired) electrons. The highest BCUT2D eigenvalue weighted by atomic mass is 19.1. The van der Waals surface area contributed by atoms with Crippen molar-refractivity contribution in [1.82, 2.24) is 20.4 Å². The third kappa shape index (κ3) is 5.01. The van der Waals surface area contributed by atoms with Crippen LogP contribution in [-0.4, -0.2) is 70.6 Å². The number of anilines is 1. The van der Waals surface area contributed by atoms with Gasteiger partial charge in [-0.3, -0.25) is 9.59 Å². The molecule has 1 atom stereocenters. The van der Waals surface area contributed by atoms with Gasteiger partial charge < -0.3 is 30.7 Å². The van der Waals surface area contributed by atoms with Gasteiger partial charge in [-0.1, -0.05) is 18.2 Å². The Hall–Kier alpha value is -4.68. The molecular formula is C27H28FN5O7. The smallest absolute Gasteiger partial charge is 0.418 e. The molecule has 2 aliphatic carbocycles. The van der Waals surface area contributed by atoms with Gasteiger partial charge in [-0.05, 0) is 54.7 Å². The van der Waals surface area contributed by atoms with E-state index < -0.39 is 48.0 Å². The molecule has 6 amide bonds. The lowest BCUT2D eigenvalue weighted by molar-refractivity contribution is -0.144. The van der Waals surface area contributed by atoms with Gasteiger partial charge in [-0.25, -0.2) is 23.7 Å². The standard InChI is InChI=1S/C27H28FN5O7/c1-29-24(36)30-18-6-7-21-16(10-18)8-9-27(21)23(35)33(26(39)40-27)14-22(34)32(13-15-2-4-17(28)5-3-15)20-11-19(12-20)31-25(37)38/h2-7,10,19-20,31H,8-9,11-14H2,1H3,(H,37,38)(H2,29,30,36)/t19?,20?,27-/m1/s1. The summed E-state index contributed by atoms with van der Waals surface area (Å²) in [5.74, 6) is -1.59. The summed E-state index contributed by atoms with van der Waals surface area (Å²) < 4.78 is 19.1. The van der Waals surface area contributed by atoms with Gasteiger partial charge in [0.1, 0.15) is 12.4 Å². The largest absolute Gasteiger partial charge is 0.465 e. The first-order valence-corrected chi connectivity index (χ1v) is 12.8. The van der Waals surface area contributed by atoms with Gasteiger partial charge in [-0.15, -0.1) is 0 Å². The predicted molar refractivity (Wildman–Crippen MR) is 138 cm³/mol. The Morgan fingerprint density at radius 1 is 1.15 bits per heavy atom. The van der Waals surface area contributed by atoms with Crippen LogP contribution in [-0.2, 0) is 32.9 Å². The van der Waals surface area contributed by atoms with E-state index in [9.17, 15) is 28.4 Å². The SMILES string of the molecule is CNC(=O)Nc1ccc2c(c1)CC[C@@]21OC(=O)N(CC(=O)N(Cc2ccc(F)cc2)C2CC(NC(=O)O)C2)C1=O. The van der Waals surface area contributed by atoms with Gasteiger partial charge in [0.2, 0.25) is 11.5 Å². The molecule has 2 fully saturated rings. The molecule has 5 rings (SSSR count). The molecule has 1 heterocycles. The van der Waals surface area contributed by atoms with E-state index in [1.165, 1.54) is 36.2 Å². The number of halogens is 1. The number of fused-ring (bicyclic) bond motifs is 2. The number of nitrogens with one attached hydrogen (secondary N) is 3. The first-order chi connectivity index (χ1) is 19.1. The van der Waals surface area contributed by atoms with Crippen molar-refractivity contribution in [2.24, 2.45) is 0 Å². The van der Waals surface area contributed by atoms with Gasteiger partial charge >= 0.3 is 18.2 Å². The topological polar surface area (TPSA) is 157 Å². The second-order valence-electron chi connectivity index (χ2n) is 10.1. The first kappa shape index (κ1) is 26.9. The minimum absolute atomic E-state index is 0.0930. The molecule has 0 bridgehead atoms. The van der Waals surface area contributed by atoms with Crippen LogP contribution < -0.4 is 16.0 Å². The molecule has 0 unspecified atom stereocenters. The number of benzene rings is 2. The van der Waals surface area contributed by atoms with Gasteiger partial charge in [0.05, 0.1) is 0 Å². The summed E-state index contributed by atoms with van der Waals surface area (Å²) in [6, 6.07) is 9.51. The maximum absolute atomic E-state index is 13.6. The number of carboxylic acid groups (broad SMARTS) is 1. The lowest BCUT2D eigenvalue weighted by Crippen LogP contribution is -2.56. The number of hydrogen-bond donors (Lipinski definition) is 4. The lowest BCUT2D eigenvalue weighted by atomic mass is 9.85. The Morgan fingerprint density at radius 3 is 2.55 bits per heavy atom. The highest BCUT2D eigenvalue weighted by molar-refractivity contribution is 6.06. The third-order valence-electron chi connectivity index (χ3n) is 7.61. The van der Waals surface area contributed by atoms with Gasteiger partial charge in [0, 0.05) is 43.3 Å². The number of amides is 6. The number of carbonyl (C=O) groups excluding carboxylic acids is 4. The van der Waals surface area contributed by atoms with E-state index in [1.807, 2.05) is 0 Å². The molecule has 40 heavy (non-hydrogen) atoms. The Bertz CT molecular complexity index is 1380. The molecule has 0 aromatic heterocycles. The first-order valence-electron chi connectivity index (χ1n) is 12.8. The van der Waals surface area contributed by atoms with Crippen molar-refractivity contribution in [3.05, 3.63) is 65.0 Å². The molecular weight excluding hydrogens is 525 g/mol. The quantitative estimate of drug-likeness (QED) is 0.410. The number of carbonyl (C=O) groups is 5. The minimum Gasteiger partial charge on any atom is -0.465 e. The zero-order valence-corrected chi connectivity index (χ0v) is 21.6. The lowest BCUT2D eigenvalue weighted by Gasteiger charge is -2.43. The number of nitrogens with zero attached hydrogens (tertiary/aromatic N) is 2. The van der Waals surface area contributed by atoms with Crippen LogP contribution in [0.15, 0.2) is 42.5 Å². The van der Waals surface area contributed by atoms with Crippen molar-refractivity contribution in [3.8, 4) is 0 Å².